The second kappa shape index (κ2) is 4.45. The molecule has 0 aromatic heterocycles. The van der Waals surface area contributed by atoms with E-state index in [1.807, 2.05) is 17.0 Å². The fraction of sp³-hybridized carbons (Fsp3) is 0.417. The Morgan fingerprint density at radius 2 is 2.19 bits per heavy atom. The highest BCUT2D eigenvalue weighted by Crippen LogP contribution is 2.26. The zero-order valence-corrected chi connectivity index (χ0v) is 11.0. The van der Waals surface area contributed by atoms with Gasteiger partial charge in [0, 0.05) is 17.6 Å². The van der Waals surface area contributed by atoms with Crippen molar-refractivity contribution in [1.29, 1.82) is 0 Å². The summed E-state index contributed by atoms with van der Waals surface area (Å²) in [6, 6.07) is 5.45. The van der Waals surface area contributed by atoms with Crippen molar-refractivity contribution in [3.63, 3.8) is 0 Å². The van der Waals surface area contributed by atoms with Gasteiger partial charge in [0.25, 0.3) is 5.91 Å². The van der Waals surface area contributed by atoms with E-state index in [2.05, 4.69) is 22.9 Å². The third kappa shape index (κ3) is 2.07. The van der Waals surface area contributed by atoms with Crippen LogP contribution in [-0.4, -0.2) is 31.0 Å². The van der Waals surface area contributed by atoms with Gasteiger partial charge in [0.05, 0.1) is 12.7 Å². The standard InChI is InChI=1S/C12H14BrNO2/c1-8-6-14(7-8)12(15)10-5-9(16-2)3-4-11(10)13/h3-5,8H,6-7H2,1-2H3. The van der Waals surface area contributed by atoms with Crippen LogP contribution in [0.25, 0.3) is 0 Å². The molecule has 0 unspecified atom stereocenters. The van der Waals surface area contributed by atoms with Crippen LogP contribution in [0.5, 0.6) is 5.75 Å². The molecule has 1 aliphatic heterocycles. The molecule has 4 heteroatoms. The molecule has 1 heterocycles. The van der Waals surface area contributed by atoms with Gasteiger partial charge in [-0.2, -0.15) is 0 Å². The number of hydrogen-bond acceptors (Lipinski definition) is 2. The molecule has 3 nitrogen and oxygen atoms in total. The number of likely N-dealkylation sites (tertiary alicyclic amines) is 1. The van der Waals surface area contributed by atoms with Gasteiger partial charge < -0.3 is 9.64 Å². The molecule has 0 radical (unpaired) electrons. The van der Waals surface area contributed by atoms with E-state index < -0.39 is 0 Å². The number of carbonyl (C=O) groups is 1. The van der Waals surface area contributed by atoms with E-state index in [4.69, 9.17) is 4.74 Å². The minimum absolute atomic E-state index is 0.0730. The number of methoxy groups -OCH3 is 1. The maximum absolute atomic E-state index is 12.1. The van der Waals surface area contributed by atoms with E-state index in [0.29, 0.717) is 17.2 Å². The second-order valence-electron chi connectivity index (χ2n) is 4.16. The normalized spacial score (nSPS) is 15.8. The first-order valence-corrected chi connectivity index (χ1v) is 6.04. The van der Waals surface area contributed by atoms with Crippen molar-refractivity contribution in [2.75, 3.05) is 20.2 Å². The highest BCUT2D eigenvalue weighted by Gasteiger charge is 2.28. The average molecular weight is 284 g/mol. The van der Waals surface area contributed by atoms with Crippen LogP contribution in [0.2, 0.25) is 0 Å². The topological polar surface area (TPSA) is 29.5 Å². The third-order valence-corrected chi connectivity index (χ3v) is 3.45. The molecule has 1 aromatic rings. The molecule has 0 saturated carbocycles. The molecule has 1 fully saturated rings. The Kier molecular flexibility index (Phi) is 3.19. The van der Waals surface area contributed by atoms with E-state index in [-0.39, 0.29) is 5.91 Å². The molecule has 1 saturated heterocycles. The third-order valence-electron chi connectivity index (χ3n) is 2.76. The number of nitrogens with zero attached hydrogens (tertiary/aromatic N) is 1. The minimum atomic E-state index is 0.0730. The quantitative estimate of drug-likeness (QED) is 0.835. The molecular formula is C12H14BrNO2. The highest BCUT2D eigenvalue weighted by atomic mass is 79.9. The first-order valence-electron chi connectivity index (χ1n) is 5.24. The Morgan fingerprint density at radius 3 is 2.75 bits per heavy atom. The molecule has 0 atom stereocenters. The monoisotopic (exact) mass is 283 g/mol. The van der Waals surface area contributed by atoms with Gasteiger partial charge in [0.2, 0.25) is 0 Å². The lowest BCUT2D eigenvalue weighted by Gasteiger charge is -2.37. The number of benzene rings is 1. The van der Waals surface area contributed by atoms with E-state index in [9.17, 15) is 4.79 Å². The van der Waals surface area contributed by atoms with Gasteiger partial charge in [-0.3, -0.25) is 4.79 Å². The van der Waals surface area contributed by atoms with E-state index >= 15 is 0 Å². The van der Waals surface area contributed by atoms with Gasteiger partial charge in [0.1, 0.15) is 5.75 Å². The molecule has 1 amide bonds. The summed E-state index contributed by atoms with van der Waals surface area (Å²) in [7, 11) is 1.60. The summed E-state index contributed by atoms with van der Waals surface area (Å²) >= 11 is 3.39. The first-order chi connectivity index (χ1) is 7.61. The number of amides is 1. The van der Waals surface area contributed by atoms with Crippen LogP contribution in [0.15, 0.2) is 22.7 Å². The van der Waals surface area contributed by atoms with Gasteiger partial charge in [-0.05, 0) is 40.0 Å². The van der Waals surface area contributed by atoms with Crippen LogP contribution >= 0.6 is 15.9 Å². The summed E-state index contributed by atoms with van der Waals surface area (Å²) in [6.45, 7) is 3.84. The minimum Gasteiger partial charge on any atom is -0.497 e. The smallest absolute Gasteiger partial charge is 0.255 e. The fourth-order valence-corrected chi connectivity index (χ4v) is 2.25. The first kappa shape index (κ1) is 11.5. The lowest BCUT2D eigenvalue weighted by atomic mass is 10.0. The van der Waals surface area contributed by atoms with Gasteiger partial charge in [0.15, 0.2) is 0 Å². The summed E-state index contributed by atoms with van der Waals surface area (Å²) in [5, 5.41) is 0. The molecule has 0 bridgehead atoms. The predicted molar refractivity (Wildman–Crippen MR) is 65.8 cm³/mol. The molecule has 86 valence electrons. The molecule has 2 rings (SSSR count). The van der Waals surface area contributed by atoms with Crippen LogP contribution in [0.1, 0.15) is 17.3 Å². The molecule has 0 N–H and O–H groups in total. The Bertz CT molecular complexity index is 413. The Labute approximate surface area is 104 Å². The molecule has 16 heavy (non-hydrogen) atoms. The summed E-state index contributed by atoms with van der Waals surface area (Å²) in [5.41, 5.74) is 0.672. The zero-order valence-electron chi connectivity index (χ0n) is 9.37. The summed E-state index contributed by atoms with van der Waals surface area (Å²) in [6.07, 6.45) is 0. The van der Waals surface area contributed by atoms with Gasteiger partial charge >= 0.3 is 0 Å². The molecule has 1 aromatic carbocycles. The number of rotatable bonds is 2. The number of carbonyl (C=O) groups excluding carboxylic acids is 1. The lowest BCUT2D eigenvalue weighted by Crippen LogP contribution is -2.48. The summed E-state index contributed by atoms with van der Waals surface area (Å²) < 4.78 is 5.94. The number of hydrogen-bond donors (Lipinski definition) is 0. The average Bonchev–Trinajstić information content (AvgIpc) is 2.25. The van der Waals surface area contributed by atoms with Crippen molar-refractivity contribution >= 4 is 21.8 Å². The zero-order chi connectivity index (χ0) is 11.7. The van der Waals surface area contributed by atoms with E-state index in [1.54, 1.807) is 13.2 Å². The second-order valence-corrected chi connectivity index (χ2v) is 5.02. The van der Waals surface area contributed by atoms with Gasteiger partial charge in [-0.15, -0.1) is 0 Å². The van der Waals surface area contributed by atoms with Crippen molar-refractivity contribution in [3.05, 3.63) is 28.2 Å². The summed E-state index contributed by atoms with van der Waals surface area (Å²) in [4.78, 5) is 14.0. The summed E-state index contributed by atoms with van der Waals surface area (Å²) in [5.74, 6) is 1.40. The Hall–Kier alpha value is -1.03. The predicted octanol–water partition coefficient (Wildman–Crippen LogP) is 2.55. The SMILES string of the molecule is COc1ccc(Br)c(C(=O)N2CC(C)C2)c1. The van der Waals surface area contributed by atoms with Gasteiger partial charge in [-0.25, -0.2) is 0 Å². The van der Waals surface area contributed by atoms with Crippen LogP contribution in [-0.2, 0) is 0 Å². The number of ether oxygens (including phenoxy) is 1. The van der Waals surface area contributed by atoms with Crippen molar-refractivity contribution < 1.29 is 9.53 Å². The van der Waals surface area contributed by atoms with Crippen LogP contribution < -0.4 is 4.74 Å². The molecular weight excluding hydrogens is 270 g/mol. The lowest BCUT2D eigenvalue weighted by molar-refractivity contribution is 0.0529. The van der Waals surface area contributed by atoms with Crippen molar-refractivity contribution in [2.45, 2.75) is 6.92 Å². The molecule has 0 aliphatic carbocycles. The Morgan fingerprint density at radius 1 is 1.50 bits per heavy atom. The van der Waals surface area contributed by atoms with Gasteiger partial charge in [-0.1, -0.05) is 6.92 Å². The van der Waals surface area contributed by atoms with Crippen molar-refractivity contribution in [2.24, 2.45) is 5.92 Å². The Balaban J connectivity index is 2.22. The largest absolute Gasteiger partial charge is 0.497 e. The molecule has 0 spiro atoms. The maximum atomic E-state index is 12.1. The molecule has 1 aliphatic rings. The van der Waals surface area contributed by atoms with Crippen molar-refractivity contribution in [3.8, 4) is 5.75 Å². The van der Waals surface area contributed by atoms with Crippen molar-refractivity contribution in [1.82, 2.24) is 4.90 Å². The van der Waals surface area contributed by atoms with Crippen LogP contribution in [0.3, 0.4) is 0 Å². The van der Waals surface area contributed by atoms with Crippen LogP contribution in [0.4, 0.5) is 0 Å². The van der Waals surface area contributed by atoms with Crippen LogP contribution in [0, 0.1) is 5.92 Å². The highest BCUT2D eigenvalue weighted by molar-refractivity contribution is 9.10. The fourth-order valence-electron chi connectivity index (χ4n) is 1.83. The maximum Gasteiger partial charge on any atom is 0.255 e. The number of halogens is 1. The van der Waals surface area contributed by atoms with E-state index in [1.165, 1.54) is 0 Å². The van der Waals surface area contributed by atoms with E-state index in [0.717, 1.165) is 17.6 Å².